The Morgan fingerprint density at radius 2 is 1.63 bits per heavy atom. The van der Waals surface area contributed by atoms with Gasteiger partial charge in [-0.3, -0.25) is 4.79 Å². The van der Waals surface area contributed by atoms with E-state index in [0.717, 1.165) is 31.5 Å². The molecular weight excluding hydrogens is 671 g/mol. The van der Waals surface area contributed by atoms with Gasteiger partial charge in [0.15, 0.2) is 0 Å². The molecule has 0 radical (unpaired) electrons. The first-order valence-corrected chi connectivity index (χ1v) is 13.2. The molecule has 3 aromatic carbocycles. The molecule has 0 saturated carbocycles. The zero-order valence-electron chi connectivity index (χ0n) is 18.8. The van der Waals surface area contributed by atoms with Crippen LogP contribution in [0.5, 0.6) is 5.75 Å². The summed E-state index contributed by atoms with van der Waals surface area (Å²) in [5.41, 5.74) is 2.46. The fourth-order valence-corrected chi connectivity index (χ4v) is 5.98. The van der Waals surface area contributed by atoms with Gasteiger partial charge < -0.3 is 14.5 Å². The number of anilines is 1. The van der Waals surface area contributed by atoms with Crippen molar-refractivity contribution in [1.82, 2.24) is 4.90 Å². The molecule has 1 heterocycles. The summed E-state index contributed by atoms with van der Waals surface area (Å²) in [7, 11) is 0. The topological polar surface area (TPSA) is 56.6 Å². The van der Waals surface area contributed by atoms with Crippen LogP contribution in [-0.2, 0) is 11.4 Å². The van der Waals surface area contributed by atoms with E-state index in [4.69, 9.17) is 4.74 Å². The number of nitrogens with zero attached hydrogens (tertiary/aromatic N) is 3. The van der Waals surface area contributed by atoms with Gasteiger partial charge in [0.1, 0.15) is 29.8 Å². The number of ether oxygens (including phenoxy) is 1. The summed E-state index contributed by atoms with van der Waals surface area (Å²) >= 11 is 4.31. The predicted octanol–water partition coefficient (Wildman–Crippen LogP) is 5.87. The van der Waals surface area contributed by atoms with Crippen molar-refractivity contribution in [1.29, 1.82) is 5.26 Å². The molecule has 3 aromatic rings. The summed E-state index contributed by atoms with van der Waals surface area (Å²) in [6.45, 7) is 2.68. The Hall–Kier alpha value is -2.65. The Bertz CT molecular complexity index is 1260. The summed E-state index contributed by atoms with van der Waals surface area (Å²) in [4.78, 5) is 17.0. The number of para-hydroxylation sites is 1. The third-order valence-corrected chi connectivity index (χ3v) is 7.30. The number of carbonyl (C=O) groups is 1. The minimum Gasteiger partial charge on any atom is -0.487 e. The summed E-state index contributed by atoms with van der Waals surface area (Å²) in [6.07, 6.45) is 1.62. The van der Waals surface area contributed by atoms with E-state index in [1.54, 1.807) is 29.2 Å². The molecule has 0 aliphatic carbocycles. The number of benzene rings is 3. The fraction of sp³-hybridized carbons (Fsp3) is 0.185. The zero-order valence-corrected chi connectivity index (χ0v) is 23.1. The van der Waals surface area contributed by atoms with Gasteiger partial charge in [-0.2, -0.15) is 5.26 Å². The van der Waals surface area contributed by atoms with Crippen molar-refractivity contribution >= 4 is 62.9 Å². The Labute approximate surface area is 231 Å². The highest BCUT2D eigenvalue weighted by Crippen LogP contribution is 2.31. The second-order valence-electron chi connectivity index (χ2n) is 7.98. The highest BCUT2D eigenvalue weighted by atomic mass is 127. The fourth-order valence-electron chi connectivity index (χ4n) is 3.85. The average Bonchev–Trinajstić information content (AvgIpc) is 2.88. The SMILES string of the molecule is N#C/C(=C/c1cc(I)c(OCc2ccccc2F)c(I)c1)C(=O)N1CCN(c2ccccc2)CC1. The van der Waals surface area contributed by atoms with Crippen LogP contribution in [-0.4, -0.2) is 37.0 Å². The van der Waals surface area contributed by atoms with Crippen molar-refractivity contribution in [3.8, 4) is 11.8 Å². The highest BCUT2D eigenvalue weighted by molar-refractivity contribution is 14.1. The molecule has 0 bridgehead atoms. The maximum absolute atomic E-state index is 13.9. The molecule has 1 aliphatic rings. The van der Waals surface area contributed by atoms with E-state index in [0.29, 0.717) is 24.4 Å². The van der Waals surface area contributed by atoms with E-state index in [9.17, 15) is 14.4 Å². The molecule has 0 atom stereocenters. The normalized spacial score (nSPS) is 13.9. The third kappa shape index (κ3) is 6.32. The van der Waals surface area contributed by atoms with Gasteiger partial charge in [0.25, 0.3) is 5.91 Å². The summed E-state index contributed by atoms with van der Waals surface area (Å²) in [5.74, 6) is 0.0809. The lowest BCUT2D eigenvalue weighted by Crippen LogP contribution is -2.49. The second-order valence-corrected chi connectivity index (χ2v) is 10.3. The van der Waals surface area contributed by atoms with Crippen molar-refractivity contribution < 1.29 is 13.9 Å². The van der Waals surface area contributed by atoms with Gasteiger partial charge in [-0.25, -0.2) is 4.39 Å². The molecule has 0 aromatic heterocycles. The van der Waals surface area contributed by atoms with Crippen LogP contribution in [0.15, 0.2) is 72.3 Å². The molecule has 1 fully saturated rings. The average molecular weight is 693 g/mol. The maximum atomic E-state index is 13.9. The molecule has 1 aliphatic heterocycles. The highest BCUT2D eigenvalue weighted by Gasteiger charge is 2.24. The minimum absolute atomic E-state index is 0.102. The number of rotatable bonds is 6. The van der Waals surface area contributed by atoms with Crippen LogP contribution in [0, 0.1) is 24.3 Å². The first-order chi connectivity index (χ1) is 17.0. The molecule has 178 valence electrons. The number of nitriles is 1. The van der Waals surface area contributed by atoms with Crippen LogP contribution in [0.25, 0.3) is 6.08 Å². The van der Waals surface area contributed by atoms with E-state index in [-0.39, 0.29) is 23.9 Å². The molecule has 4 rings (SSSR count). The third-order valence-electron chi connectivity index (χ3n) is 5.70. The van der Waals surface area contributed by atoms with Crippen LogP contribution < -0.4 is 9.64 Å². The molecule has 1 saturated heterocycles. The van der Waals surface area contributed by atoms with Crippen LogP contribution in [0.1, 0.15) is 11.1 Å². The van der Waals surface area contributed by atoms with Gasteiger partial charge in [0.05, 0.1) is 7.14 Å². The first kappa shape index (κ1) is 25.4. The number of amides is 1. The lowest BCUT2D eigenvalue weighted by Gasteiger charge is -2.36. The quantitative estimate of drug-likeness (QED) is 0.184. The van der Waals surface area contributed by atoms with E-state index in [1.165, 1.54) is 6.07 Å². The molecule has 5 nitrogen and oxygen atoms in total. The van der Waals surface area contributed by atoms with E-state index in [2.05, 4.69) is 68.3 Å². The number of piperazine rings is 1. The number of halogens is 3. The smallest absolute Gasteiger partial charge is 0.264 e. The monoisotopic (exact) mass is 693 g/mol. The lowest BCUT2D eigenvalue weighted by atomic mass is 10.1. The Balaban J connectivity index is 1.44. The second kappa shape index (κ2) is 11.9. The van der Waals surface area contributed by atoms with Gasteiger partial charge in [-0.1, -0.05) is 36.4 Å². The van der Waals surface area contributed by atoms with Crippen molar-refractivity contribution in [3.05, 3.63) is 96.4 Å². The van der Waals surface area contributed by atoms with Gasteiger partial charge >= 0.3 is 0 Å². The van der Waals surface area contributed by atoms with Crippen molar-refractivity contribution in [2.75, 3.05) is 31.1 Å². The van der Waals surface area contributed by atoms with Crippen LogP contribution in [0.4, 0.5) is 10.1 Å². The first-order valence-electron chi connectivity index (χ1n) is 11.0. The summed E-state index contributed by atoms with van der Waals surface area (Å²) in [5, 5.41) is 9.71. The molecule has 35 heavy (non-hydrogen) atoms. The number of hydrogen-bond donors (Lipinski definition) is 0. The maximum Gasteiger partial charge on any atom is 0.264 e. The van der Waals surface area contributed by atoms with E-state index >= 15 is 0 Å². The van der Waals surface area contributed by atoms with Crippen molar-refractivity contribution in [2.24, 2.45) is 0 Å². The van der Waals surface area contributed by atoms with Crippen LogP contribution >= 0.6 is 45.2 Å². The Morgan fingerprint density at radius 1 is 1.00 bits per heavy atom. The summed E-state index contributed by atoms with van der Waals surface area (Å²) in [6, 6.07) is 22.4. The molecule has 8 heteroatoms. The molecule has 0 spiro atoms. The van der Waals surface area contributed by atoms with Crippen molar-refractivity contribution in [2.45, 2.75) is 6.61 Å². The molecule has 1 amide bonds. The van der Waals surface area contributed by atoms with E-state index < -0.39 is 0 Å². The zero-order chi connectivity index (χ0) is 24.8. The minimum atomic E-state index is -0.307. The Kier molecular flexibility index (Phi) is 8.62. The Morgan fingerprint density at radius 3 is 2.26 bits per heavy atom. The van der Waals surface area contributed by atoms with E-state index in [1.807, 2.05) is 30.3 Å². The standard InChI is InChI=1S/C27H22FI2N3O2/c28-23-9-5-4-6-20(23)18-35-26-24(29)15-19(16-25(26)30)14-21(17-31)27(34)33-12-10-32(11-13-33)22-7-2-1-3-8-22/h1-9,14-16H,10-13,18H2/b21-14-. The van der Waals surface area contributed by atoms with Crippen LogP contribution in [0.2, 0.25) is 0 Å². The summed E-state index contributed by atoms with van der Waals surface area (Å²) < 4.78 is 21.4. The predicted molar refractivity (Wildman–Crippen MR) is 151 cm³/mol. The van der Waals surface area contributed by atoms with Gasteiger partial charge in [-0.15, -0.1) is 0 Å². The molecule has 0 N–H and O–H groups in total. The number of carbonyl (C=O) groups excluding carboxylic acids is 1. The van der Waals surface area contributed by atoms with Gasteiger partial charge in [0, 0.05) is 37.4 Å². The lowest BCUT2D eigenvalue weighted by molar-refractivity contribution is -0.126. The largest absolute Gasteiger partial charge is 0.487 e. The molecule has 0 unspecified atom stereocenters. The molecular formula is C27H22FI2N3O2. The van der Waals surface area contributed by atoms with Crippen LogP contribution in [0.3, 0.4) is 0 Å². The number of hydrogen-bond acceptors (Lipinski definition) is 4. The van der Waals surface area contributed by atoms with Gasteiger partial charge in [0.2, 0.25) is 0 Å². The van der Waals surface area contributed by atoms with Gasteiger partial charge in [-0.05, 0) is 87.2 Å². The van der Waals surface area contributed by atoms with Crippen molar-refractivity contribution in [3.63, 3.8) is 0 Å².